The fourth-order valence-corrected chi connectivity index (χ4v) is 2.24. The second-order valence-electron chi connectivity index (χ2n) is 4.14. The lowest BCUT2D eigenvalue weighted by Crippen LogP contribution is -2.15. The highest BCUT2D eigenvalue weighted by molar-refractivity contribution is 9.10. The minimum atomic E-state index is -0.565. The van der Waals surface area contributed by atoms with Gasteiger partial charge in [-0.15, -0.1) is 0 Å². The number of carbonyl (C=O) groups is 1. The van der Waals surface area contributed by atoms with E-state index in [4.69, 9.17) is 0 Å². The number of benzene rings is 1. The molecule has 0 saturated carbocycles. The molecule has 0 atom stereocenters. The van der Waals surface area contributed by atoms with E-state index in [0.29, 0.717) is 15.9 Å². The molecule has 98 valence electrons. The molecule has 5 heteroatoms. The Bertz CT molecular complexity index is 623. The number of hydrogen-bond acceptors (Lipinski definition) is 2. The Morgan fingerprint density at radius 1 is 1.26 bits per heavy atom. The molecule has 0 aliphatic carbocycles. The quantitative estimate of drug-likeness (QED) is 0.912. The Labute approximate surface area is 119 Å². The normalized spacial score (nSPS) is 10.3. The van der Waals surface area contributed by atoms with Gasteiger partial charge in [0.1, 0.15) is 5.82 Å². The molecule has 0 radical (unpaired) electrons. The molecule has 2 rings (SSSR count). The van der Waals surface area contributed by atoms with Crippen LogP contribution >= 0.6 is 15.9 Å². The number of rotatable bonds is 2. The van der Waals surface area contributed by atoms with Crippen molar-refractivity contribution in [3.63, 3.8) is 0 Å². The number of nitrogens with one attached hydrogen (secondary N) is 1. The first-order valence-electron chi connectivity index (χ1n) is 5.68. The highest BCUT2D eigenvalue weighted by Gasteiger charge is 2.16. The molecule has 1 aromatic carbocycles. The van der Waals surface area contributed by atoms with Gasteiger partial charge < -0.3 is 5.32 Å². The maximum absolute atomic E-state index is 13.7. The van der Waals surface area contributed by atoms with E-state index < -0.39 is 11.7 Å². The van der Waals surface area contributed by atoms with Crippen molar-refractivity contribution in [2.45, 2.75) is 13.8 Å². The van der Waals surface area contributed by atoms with Crippen molar-refractivity contribution in [1.82, 2.24) is 4.98 Å². The minimum Gasteiger partial charge on any atom is -0.320 e. The van der Waals surface area contributed by atoms with Crippen molar-refractivity contribution in [3.8, 4) is 0 Å². The molecule has 0 spiro atoms. The maximum atomic E-state index is 13.7. The summed E-state index contributed by atoms with van der Waals surface area (Å²) in [5, 5.41) is 2.66. The van der Waals surface area contributed by atoms with Crippen molar-refractivity contribution < 1.29 is 9.18 Å². The molecule has 1 N–H and O–H groups in total. The molecule has 1 heterocycles. The van der Waals surface area contributed by atoms with Crippen LogP contribution in [-0.2, 0) is 0 Å². The molecule has 3 nitrogen and oxygen atoms in total. The van der Waals surface area contributed by atoms with Crippen molar-refractivity contribution in [2.75, 3.05) is 5.32 Å². The van der Waals surface area contributed by atoms with Gasteiger partial charge in [0.25, 0.3) is 5.91 Å². The number of anilines is 1. The maximum Gasteiger partial charge on any atom is 0.259 e. The largest absolute Gasteiger partial charge is 0.320 e. The second-order valence-corrected chi connectivity index (χ2v) is 4.99. The van der Waals surface area contributed by atoms with Crippen molar-refractivity contribution in [3.05, 3.63) is 57.6 Å². The summed E-state index contributed by atoms with van der Waals surface area (Å²) in [6.45, 7) is 3.66. The molecule has 0 bridgehead atoms. The van der Waals surface area contributed by atoms with Gasteiger partial charge in [-0.1, -0.05) is 6.07 Å². The fourth-order valence-electron chi connectivity index (χ4n) is 1.72. The number of amides is 1. The standard InChI is InChI=1S/C14H12BrFN2O/c1-8-6-7-12(9(2)17-8)18-14(19)13-10(15)4-3-5-11(13)16/h3-7H,1-2H3,(H,18,19). The van der Waals surface area contributed by atoms with Gasteiger partial charge in [0.05, 0.1) is 16.9 Å². The highest BCUT2D eigenvalue weighted by Crippen LogP contribution is 2.22. The number of carbonyl (C=O) groups excluding carboxylic acids is 1. The molecule has 0 saturated heterocycles. The van der Waals surface area contributed by atoms with E-state index in [-0.39, 0.29) is 5.56 Å². The zero-order valence-electron chi connectivity index (χ0n) is 10.5. The summed E-state index contributed by atoms with van der Waals surface area (Å²) in [5.41, 5.74) is 2.12. The number of hydrogen-bond donors (Lipinski definition) is 1. The van der Waals surface area contributed by atoms with Crippen LogP contribution in [-0.4, -0.2) is 10.9 Å². The zero-order valence-corrected chi connectivity index (χ0v) is 12.1. The lowest BCUT2D eigenvalue weighted by atomic mass is 10.2. The highest BCUT2D eigenvalue weighted by atomic mass is 79.9. The summed E-state index contributed by atoms with van der Waals surface area (Å²) in [6.07, 6.45) is 0. The molecule has 0 fully saturated rings. The number of nitrogens with zero attached hydrogens (tertiary/aromatic N) is 1. The lowest BCUT2D eigenvalue weighted by molar-refractivity contribution is 0.102. The van der Waals surface area contributed by atoms with E-state index in [2.05, 4.69) is 26.2 Å². The summed E-state index contributed by atoms with van der Waals surface area (Å²) in [4.78, 5) is 16.3. The molecule has 0 aliphatic rings. The Morgan fingerprint density at radius 2 is 2.00 bits per heavy atom. The molecule has 2 aromatic rings. The summed E-state index contributed by atoms with van der Waals surface area (Å²) < 4.78 is 14.1. The van der Waals surface area contributed by atoms with E-state index in [0.717, 1.165) is 5.69 Å². The lowest BCUT2D eigenvalue weighted by Gasteiger charge is -2.10. The van der Waals surface area contributed by atoms with Gasteiger partial charge in [-0.05, 0) is 54.0 Å². The zero-order chi connectivity index (χ0) is 14.0. The van der Waals surface area contributed by atoms with E-state index in [1.165, 1.54) is 12.1 Å². The molecule has 0 unspecified atom stereocenters. The molecular weight excluding hydrogens is 311 g/mol. The number of aryl methyl sites for hydroxylation is 2. The number of halogens is 2. The average molecular weight is 323 g/mol. The Balaban J connectivity index is 2.31. The molecule has 1 amide bonds. The van der Waals surface area contributed by atoms with Crippen LogP contribution in [0, 0.1) is 19.7 Å². The summed E-state index contributed by atoms with van der Waals surface area (Å²) in [7, 11) is 0. The topological polar surface area (TPSA) is 42.0 Å². The van der Waals surface area contributed by atoms with E-state index >= 15 is 0 Å². The summed E-state index contributed by atoms with van der Waals surface area (Å²) in [6, 6.07) is 7.95. The van der Waals surface area contributed by atoms with Gasteiger partial charge in [0.2, 0.25) is 0 Å². The Morgan fingerprint density at radius 3 is 2.63 bits per heavy atom. The number of aromatic nitrogens is 1. The van der Waals surface area contributed by atoms with Gasteiger partial charge in [-0.3, -0.25) is 9.78 Å². The first kappa shape index (κ1) is 13.7. The van der Waals surface area contributed by atoms with Crippen molar-refractivity contribution in [2.24, 2.45) is 0 Å². The number of pyridine rings is 1. The predicted molar refractivity (Wildman–Crippen MR) is 75.8 cm³/mol. The Hall–Kier alpha value is -1.75. The summed E-state index contributed by atoms with van der Waals surface area (Å²) >= 11 is 3.17. The van der Waals surface area contributed by atoms with Gasteiger partial charge in [0, 0.05) is 10.2 Å². The van der Waals surface area contributed by atoms with Crippen molar-refractivity contribution >= 4 is 27.5 Å². The molecule has 1 aromatic heterocycles. The third kappa shape index (κ3) is 2.98. The van der Waals surface area contributed by atoms with Gasteiger partial charge in [0.15, 0.2) is 0 Å². The first-order chi connectivity index (χ1) is 8.99. The van der Waals surface area contributed by atoms with Crippen molar-refractivity contribution in [1.29, 1.82) is 0 Å². The van der Waals surface area contributed by atoms with Gasteiger partial charge >= 0.3 is 0 Å². The van der Waals surface area contributed by atoms with Crippen LogP contribution in [0.25, 0.3) is 0 Å². The van der Waals surface area contributed by atoms with Crippen LogP contribution in [0.5, 0.6) is 0 Å². The van der Waals surface area contributed by atoms with Crippen LogP contribution in [0.4, 0.5) is 10.1 Å². The van der Waals surface area contributed by atoms with Gasteiger partial charge in [-0.25, -0.2) is 4.39 Å². The molecule has 19 heavy (non-hydrogen) atoms. The van der Waals surface area contributed by atoms with E-state index in [1.807, 2.05) is 6.92 Å². The van der Waals surface area contributed by atoms with Crippen LogP contribution in [0.3, 0.4) is 0 Å². The van der Waals surface area contributed by atoms with E-state index in [9.17, 15) is 9.18 Å². The second kappa shape index (κ2) is 5.48. The first-order valence-corrected chi connectivity index (χ1v) is 6.48. The van der Waals surface area contributed by atoms with Crippen LogP contribution < -0.4 is 5.32 Å². The van der Waals surface area contributed by atoms with Crippen LogP contribution in [0.15, 0.2) is 34.8 Å². The van der Waals surface area contributed by atoms with E-state index in [1.54, 1.807) is 25.1 Å². The smallest absolute Gasteiger partial charge is 0.259 e. The fraction of sp³-hybridized carbons (Fsp3) is 0.143. The SMILES string of the molecule is Cc1ccc(NC(=O)c2c(F)cccc2Br)c(C)n1. The van der Waals surface area contributed by atoms with Gasteiger partial charge in [-0.2, -0.15) is 0 Å². The third-order valence-electron chi connectivity index (χ3n) is 2.66. The molecule has 0 aliphatic heterocycles. The minimum absolute atomic E-state index is 0.0116. The molecular formula is C14H12BrFN2O. The summed E-state index contributed by atoms with van der Waals surface area (Å²) in [5.74, 6) is -1.07. The van der Waals surface area contributed by atoms with Crippen LogP contribution in [0.2, 0.25) is 0 Å². The van der Waals surface area contributed by atoms with Crippen LogP contribution in [0.1, 0.15) is 21.7 Å². The Kier molecular flexibility index (Phi) is 3.95. The third-order valence-corrected chi connectivity index (χ3v) is 3.32. The average Bonchev–Trinajstić information content (AvgIpc) is 2.32. The predicted octanol–water partition coefficient (Wildman–Crippen LogP) is 3.85. The monoisotopic (exact) mass is 322 g/mol.